The summed E-state index contributed by atoms with van der Waals surface area (Å²) in [6.07, 6.45) is -3.00. The second-order valence-corrected chi connectivity index (χ2v) is 11.5. The van der Waals surface area contributed by atoms with Crippen LogP contribution in [0.4, 0.5) is 33.5 Å². The van der Waals surface area contributed by atoms with Gasteiger partial charge in [0.1, 0.15) is 24.5 Å². The number of carbonyl (C=O) groups excluding carboxylic acids is 1. The van der Waals surface area contributed by atoms with E-state index in [0.29, 0.717) is 10.9 Å². The normalized spacial score (nSPS) is 11.9. The Hall–Kier alpha value is -4.25. The molecule has 2 heterocycles. The topological polar surface area (TPSA) is 112 Å². The number of anilines is 2. The van der Waals surface area contributed by atoms with Crippen molar-refractivity contribution in [3.05, 3.63) is 83.8 Å². The number of nitrogens with zero attached hydrogens (tertiary/aromatic N) is 3. The molecule has 2 aromatic heterocycles. The molecule has 4 aromatic rings. The first-order chi connectivity index (χ1) is 17.8. The molecule has 0 bridgehead atoms. The summed E-state index contributed by atoms with van der Waals surface area (Å²) in [5.74, 6) is -3.18. The molecule has 0 spiro atoms. The number of nitrogen functional groups attached to an aromatic ring is 1. The largest absolute Gasteiger partial charge is 0.453 e. The van der Waals surface area contributed by atoms with Crippen LogP contribution in [-0.2, 0) is 10.7 Å². The number of halogens is 5. The predicted molar refractivity (Wildman–Crippen MR) is 131 cm³/mol. The summed E-state index contributed by atoms with van der Waals surface area (Å²) in [4.78, 5) is 16.6. The molecule has 14 heteroatoms. The Morgan fingerprint density at radius 1 is 1.05 bits per heavy atom. The van der Waals surface area contributed by atoms with Crippen LogP contribution in [0.1, 0.15) is 16.1 Å². The molecule has 198 valence electrons. The third-order valence-corrected chi connectivity index (χ3v) is 6.74. The molecule has 0 fully saturated rings. The van der Waals surface area contributed by atoms with Crippen molar-refractivity contribution in [3.63, 3.8) is 0 Å². The van der Waals surface area contributed by atoms with E-state index in [4.69, 9.17) is 10.5 Å². The van der Waals surface area contributed by atoms with Crippen LogP contribution in [0.5, 0.6) is 11.5 Å². The Morgan fingerprint density at radius 2 is 1.74 bits per heavy atom. The van der Waals surface area contributed by atoms with E-state index < -0.39 is 42.1 Å². The lowest BCUT2D eigenvalue weighted by Gasteiger charge is -2.16. The van der Waals surface area contributed by atoms with E-state index in [0.717, 1.165) is 36.4 Å². The highest BCUT2D eigenvalue weighted by Crippen LogP contribution is 2.42. The molecule has 0 atom stereocenters. The van der Waals surface area contributed by atoms with Crippen LogP contribution in [0.25, 0.3) is 5.69 Å². The fraction of sp³-hybridized carbons (Fsp3) is 0.125. The predicted octanol–water partition coefficient (Wildman–Crippen LogP) is 5.44. The average Bonchev–Trinajstić information content (AvgIpc) is 3.27. The highest BCUT2D eigenvalue weighted by molar-refractivity contribution is 7.70. The van der Waals surface area contributed by atoms with Crippen molar-refractivity contribution in [2.24, 2.45) is 0 Å². The lowest BCUT2D eigenvalue weighted by atomic mass is 10.2. The summed E-state index contributed by atoms with van der Waals surface area (Å²) in [6, 6.07) is 8.59. The first-order valence-corrected chi connectivity index (χ1v) is 13.4. The van der Waals surface area contributed by atoms with E-state index in [1.807, 2.05) is 0 Å². The monoisotopic (exact) mass is 551 g/mol. The Bertz CT molecular complexity index is 1560. The fourth-order valence-electron chi connectivity index (χ4n) is 3.62. The number of aromatic nitrogens is 3. The zero-order chi connectivity index (χ0) is 27.8. The summed E-state index contributed by atoms with van der Waals surface area (Å²) in [7, 11) is -2.96. The van der Waals surface area contributed by atoms with Gasteiger partial charge in [0, 0.05) is 24.0 Å². The Labute approximate surface area is 212 Å². The smallest absolute Gasteiger partial charge is 0.434 e. The van der Waals surface area contributed by atoms with E-state index in [9.17, 15) is 31.3 Å². The molecule has 1 amide bonds. The molecule has 0 radical (unpaired) electrons. The van der Waals surface area contributed by atoms with Crippen LogP contribution < -0.4 is 21.1 Å². The average molecular weight is 551 g/mol. The van der Waals surface area contributed by atoms with E-state index in [1.54, 1.807) is 0 Å². The van der Waals surface area contributed by atoms with Gasteiger partial charge in [-0.25, -0.2) is 18.4 Å². The van der Waals surface area contributed by atoms with Crippen LogP contribution in [0, 0.1) is 11.6 Å². The van der Waals surface area contributed by atoms with Crippen molar-refractivity contribution in [1.82, 2.24) is 14.8 Å². The minimum atomic E-state index is -5.00. The Morgan fingerprint density at radius 3 is 2.34 bits per heavy atom. The molecule has 8 nitrogen and oxygen atoms in total. The fourth-order valence-corrected chi connectivity index (χ4v) is 4.88. The summed E-state index contributed by atoms with van der Waals surface area (Å²) in [5, 5.41) is 5.96. The zero-order valence-corrected chi connectivity index (χ0v) is 20.6. The minimum absolute atomic E-state index is 0.0181. The number of pyridine rings is 1. The molecular weight excluding hydrogens is 532 g/mol. The van der Waals surface area contributed by atoms with Crippen molar-refractivity contribution in [3.8, 4) is 17.2 Å². The highest BCUT2D eigenvalue weighted by Gasteiger charge is 2.40. The van der Waals surface area contributed by atoms with Crippen molar-refractivity contribution in [2.75, 3.05) is 24.4 Å². The molecule has 0 aliphatic heterocycles. The lowest BCUT2D eigenvalue weighted by molar-refractivity contribution is -0.143. The first kappa shape index (κ1) is 26.8. The number of amides is 1. The number of nitrogens with one attached hydrogen (secondary N) is 1. The number of carbonyl (C=O) groups is 1. The van der Waals surface area contributed by atoms with Gasteiger partial charge in [0.15, 0.2) is 17.3 Å². The SMILES string of the molecule is CP(C)(=O)c1c(Oc2ccc(NC(=O)c3cnn(-c4ccc(F)cc4)c3C(F)(F)F)cc2F)ccnc1N. The van der Waals surface area contributed by atoms with Crippen molar-refractivity contribution in [2.45, 2.75) is 6.18 Å². The van der Waals surface area contributed by atoms with Crippen LogP contribution in [0.2, 0.25) is 0 Å². The number of nitrogens with two attached hydrogens (primary N) is 1. The summed E-state index contributed by atoms with van der Waals surface area (Å²) in [5.41, 5.74) is 3.29. The van der Waals surface area contributed by atoms with Crippen LogP contribution in [0.3, 0.4) is 0 Å². The molecule has 3 N–H and O–H groups in total. The van der Waals surface area contributed by atoms with Gasteiger partial charge in [-0.05, 0) is 49.7 Å². The van der Waals surface area contributed by atoms with E-state index >= 15 is 0 Å². The van der Waals surface area contributed by atoms with Gasteiger partial charge in [0.05, 0.1) is 22.8 Å². The number of ether oxygens (including phenoxy) is 1. The number of hydrogen-bond donors (Lipinski definition) is 2. The second-order valence-electron chi connectivity index (χ2n) is 8.39. The third kappa shape index (κ3) is 5.52. The molecule has 4 rings (SSSR count). The molecule has 0 saturated carbocycles. The van der Waals surface area contributed by atoms with Crippen molar-refractivity contribution >= 4 is 29.9 Å². The van der Waals surface area contributed by atoms with Gasteiger partial charge in [-0.3, -0.25) is 4.79 Å². The van der Waals surface area contributed by atoms with Crippen LogP contribution in [-0.4, -0.2) is 34.0 Å². The van der Waals surface area contributed by atoms with Crippen LogP contribution in [0.15, 0.2) is 60.9 Å². The van der Waals surface area contributed by atoms with Gasteiger partial charge in [-0.1, -0.05) is 0 Å². The van der Waals surface area contributed by atoms with Crippen LogP contribution >= 0.6 is 7.14 Å². The molecule has 38 heavy (non-hydrogen) atoms. The Balaban J connectivity index is 1.61. The van der Waals surface area contributed by atoms with Crippen molar-refractivity contribution < 1.29 is 36.0 Å². The van der Waals surface area contributed by atoms with Crippen molar-refractivity contribution in [1.29, 1.82) is 0 Å². The van der Waals surface area contributed by atoms with E-state index in [-0.39, 0.29) is 34.0 Å². The van der Waals surface area contributed by atoms with Gasteiger partial charge in [-0.2, -0.15) is 18.3 Å². The maximum atomic E-state index is 14.8. The molecule has 0 aliphatic rings. The Kier molecular flexibility index (Phi) is 6.98. The number of hydrogen-bond acceptors (Lipinski definition) is 6. The summed E-state index contributed by atoms with van der Waals surface area (Å²) in [6.45, 7) is 2.88. The minimum Gasteiger partial charge on any atom is -0.453 e. The molecular formula is C24H19F5N5O3P. The third-order valence-electron chi connectivity index (χ3n) is 5.22. The van der Waals surface area contributed by atoms with Gasteiger partial charge >= 0.3 is 6.18 Å². The number of benzene rings is 2. The quantitative estimate of drug-likeness (QED) is 0.244. The molecule has 0 aliphatic carbocycles. The van der Waals surface area contributed by atoms with E-state index in [2.05, 4.69) is 15.4 Å². The second kappa shape index (κ2) is 9.90. The molecule has 0 unspecified atom stereocenters. The first-order valence-electron chi connectivity index (χ1n) is 10.8. The van der Waals surface area contributed by atoms with E-state index in [1.165, 1.54) is 31.7 Å². The lowest BCUT2D eigenvalue weighted by Crippen LogP contribution is -2.20. The number of rotatable bonds is 6. The highest BCUT2D eigenvalue weighted by atomic mass is 31.2. The van der Waals surface area contributed by atoms with Gasteiger partial charge in [0.25, 0.3) is 5.91 Å². The number of alkyl halides is 3. The molecule has 2 aromatic carbocycles. The summed E-state index contributed by atoms with van der Waals surface area (Å²) < 4.78 is 88.2. The summed E-state index contributed by atoms with van der Waals surface area (Å²) >= 11 is 0. The zero-order valence-electron chi connectivity index (χ0n) is 19.8. The maximum absolute atomic E-state index is 14.8. The van der Waals surface area contributed by atoms with Gasteiger partial charge < -0.3 is 20.4 Å². The maximum Gasteiger partial charge on any atom is 0.434 e. The van der Waals surface area contributed by atoms with Gasteiger partial charge in [-0.15, -0.1) is 0 Å². The van der Waals surface area contributed by atoms with Gasteiger partial charge in [0.2, 0.25) is 0 Å². The molecule has 0 saturated heterocycles. The standard InChI is InChI=1S/C24H19F5N5O3P/c1-38(2,36)20-19(9-10-31-22(20)30)37-18-8-5-14(11-17(18)26)33-23(35)16-12-32-34(21(16)24(27,28)29)15-6-3-13(25)4-7-15/h3-12H,1-2H3,(H2,30,31)(H,33,35).